The summed E-state index contributed by atoms with van der Waals surface area (Å²) in [7, 11) is 0. The van der Waals surface area contributed by atoms with Gasteiger partial charge in [-0.3, -0.25) is 0 Å². The van der Waals surface area contributed by atoms with Gasteiger partial charge in [0.15, 0.2) is 0 Å². The molecule has 0 fully saturated rings. The lowest BCUT2D eigenvalue weighted by atomic mass is 9.54. The zero-order valence-corrected chi connectivity index (χ0v) is 37.2. The maximum atomic E-state index is 7.24. The first kappa shape index (κ1) is 38.1. The molecule has 10 unspecified atom stereocenters. The van der Waals surface area contributed by atoms with E-state index in [1.165, 1.54) is 64.1 Å². The van der Waals surface area contributed by atoms with Crippen molar-refractivity contribution in [1.29, 1.82) is 0 Å². The van der Waals surface area contributed by atoms with Crippen LogP contribution in [0.1, 0.15) is 107 Å². The molecule has 0 saturated heterocycles. The van der Waals surface area contributed by atoms with E-state index in [2.05, 4.69) is 165 Å². The van der Waals surface area contributed by atoms with Crippen LogP contribution in [0.4, 0.5) is 0 Å². The third-order valence-electron chi connectivity index (χ3n) is 17.5. The predicted molar refractivity (Wildman–Crippen MR) is 260 cm³/mol. The van der Waals surface area contributed by atoms with E-state index in [4.69, 9.17) is 4.42 Å². The van der Waals surface area contributed by atoms with Crippen LogP contribution in [0.25, 0.3) is 11.6 Å². The fourth-order valence-corrected chi connectivity index (χ4v) is 15.0. The molecule has 1 aromatic heterocycles. The first-order valence-corrected chi connectivity index (χ1v) is 24.8. The summed E-state index contributed by atoms with van der Waals surface area (Å²) in [5, 5.41) is 0. The SMILES string of the molecule is CC1C=CC2=C(C1)C1CC=C(C3=CCC(N(C4=CC=C5C=CC=CC5C4)C4CC=Cc5c4oc4c5CCC=C4C4=CCCC=C4)C=C3)C(C)C1C21C2=C(C=CCC2)C2C=CC=CC21. The van der Waals surface area contributed by atoms with Gasteiger partial charge in [-0.2, -0.15) is 0 Å². The number of nitrogens with zero attached hydrogens (tertiary/aromatic N) is 1. The third kappa shape index (κ3) is 5.68. The molecule has 0 radical (unpaired) electrons. The van der Waals surface area contributed by atoms with Gasteiger partial charge in [-0.15, -0.1) is 0 Å². The van der Waals surface area contributed by atoms with E-state index in [0.717, 1.165) is 57.1 Å². The van der Waals surface area contributed by atoms with E-state index in [0.29, 0.717) is 41.4 Å². The summed E-state index contributed by atoms with van der Waals surface area (Å²) < 4.78 is 7.24. The Kier molecular flexibility index (Phi) is 9.00. The molecule has 2 heteroatoms. The number of furan rings is 1. The average molecular weight is 824 g/mol. The number of allylic oxidation sites excluding steroid dienone is 30. The van der Waals surface area contributed by atoms with Crippen LogP contribution in [-0.2, 0) is 6.42 Å². The van der Waals surface area contributed by atoms with E-state index in [9.17, 15) is 0 Å². The second-order valence-electron chi connectivity index (χ2n) is 20.6. The van der Waals surface area contributed by atoms with Crippen LogP contribution >= 0.6 is 0 Å². The lowest BCUT2D eigenvalue weighted by molar-refractivity contribution is 0.125. The second kappa shape index (κ2) is 14.9. The zero-order valence-electron chi connectivity index (χ0n) is 37.2. The quantitative estimate of drug-likeness (QED) is 0.294. The molecule has 0 aromatic carbocycles. The van der Waals surface area contributed by atoms with Crippen molar-refractivity contribution in [2.45, 2.75) is 96.6 Å². The summed E-state index contributed by atoms with van der Waals surface area (Å²) in [5.41, 5.74) is 18.3. The van der Waals surface area contributed by atoms with Crippen molar-refractivity contribution in [2.24, 2.45) is 46.8 Å². The molecule has 0 aliphatic heterocycles. The van der Waals surface area contributed by atoms with Crippen LogP contribution in [0, 0.1) is 46.8 Å². The van der Waals surface area contributed by atoms with Crippen LogP contribution in [0.2, 0.25) is 0 Å². The molecule has 12 aliphatic rings. The van der Waals surface area contributed by atoms with Crippen LogP contribution in [-0.4, -0.2) is 10.9 Å². The highest BCUT2D eigenvalue weighted by molar-refractivity contribution is 5.84. The van der Waals surface area contributed by atoms with E-state index in [1.54, 1.807) is 27.9 Å². The molecule has 0 amide bonds. The van der Waals surface area contributed by atoms with E-state index >= 15 is 0 Å². The molecule has 316 valence electrons. The smallest absolute Gasteiger partial charge is 0.138 e. The monoisotopic (exact) mass is 823 g/mol. The Bertz CT molecular complexity index is 2730. The zero-order chi connectivity index (χ0) is 41.8. The van der Waals surface area contributed by atoms with Crippen LogP contribution in [0.5, 0.6) is 0 Å². The van der Waals surface area contributed by atoms with Crippen molar-refractivity contribution in [3.05, 3.63) is 213 Å². The largest absolute Gasteiger partial charge is 0.458 e. The lowest BCUT2D eigenvalue weighted by Gasteiger charge is -2.49. The number of hydrogen-bond acceptors (Lipinski definition) is 2. The molecule has 0 saturated carbocycles. The fourth-order valence-electron chi connectivity index (χ4n) is 15.0. The molecular weight excluding hydrogens is 763 g/mol. The summed E-state index contributed by atoms with van der Waals surface area (Å²) in [6.07, 6.45) is 70.8. The minimum Gasteiger partial charge on any atom is -0.458 e. The Balaban J connectivity index is 0.856. The van der Waals surface area contributed by atoms with Gasteiger partial charge >= 0.3 is 0 Å². The Morgan fingerprint density at radius 3 is 2.52 bits per heavy atom. The van der Waals surface area contributed by atoms with Gasteiger partial charge in [-0.25, -0.2) is 0 Å². The summed E-state index contributed by atoms with van der Waals surface area (Å²) in [5.74, 6) is 5.96. The highest BCUT2D eigenvalue weighted by Gasteiger charge is 2.65. The van der Waals surface area contributed by atoms with E-state index in [1.807, 2.05) is 0 Å². The van der Waals surface area contributed by atoms with Crippen molar-refractivity contribution >= 4 is 11.6 Å². The van der Waals surface area contributed by atoms with Gasteiger partial charge in [0, 0.05) is 45.6 Å². The summed E-state index contributed by atoms with van der Waals surface area (Å²) in [6.45, 7) is 5.06. The lowest BCUT2D eigenvalue weighted by Crippen LogP contribution is -2.43. The maximum absolute atomic E-state index is 7.24. The molecule has 2 nitrogen and oxygen atoms in total. The van der Waals surface area contributed by atoms with Gasteiger partial charge in [0.2, 0.25) is 0 Å². The first-order valence-electron chi connectivity index (χ1n) is 24.8. The predicted octanol–water partition coefficient (Wildman–Crippen LogP) is 15.0. The highest BCUT2D eigenvalue weighted by atomic mass is 16.3. The molecular formula is C61H61NO. The van der Waals surface area contributed by atoms with Gasteiger partial charge in [0.05, 0.1) is 12.1 Å². The standard InChI is InChI=1S/C61H61NO/c1-38-26-35-56-53(36-38)50-34-33-46(39(2)58(50)61(56)54-23-10-8-18-48(54)49-19-9-11-24-55(49)61)42-28-30-44(31-29-42)62(45-32-27-40-14-6-7-17-43(40)37-45)57-25-13-22-52-51-21-12-20-47(59(51)63-60(52)57)41-15-4-3-5-16-41/h4,6-10,13-20,22-23,26-30,32-33,35,38-39,43-44,48,50,54,57-58H,3,5,11-12,21,24-25,31,34,36-37H2,1-2H3. The summed E-state index contributed by atoms with van der Waals surface area (Å²) >= 11 is 0. The average Bonchev–Trinajstić information content (AvgIpc) is 3.97. The van der Waals surface area contributed by atoms with Crippen molar-refractivity contribution in [3.63, 3.8) is 0 Å². The Labute approximate surface area is 375 Å². The van der Waals surface area contributed by atoms with Gasteiger partial charge in [-0.1, -0.05) is 165 Å². The van der Waals surface area contributed by atoms with Crippen molar-refractivity contribution in [3.8, 4) is 0 Å². The molecule has 1 spiro atoms. The first-order chi connectivity index (χ1) is 31.1. The molecule has 12 aliphatic carbocycles. The van der Waals surface area contributed by atoms with Crippen molar-refractivity contribution in [1.82, 2.24) is 4.90 Å². The molecule has 0 bridgehead atoms. The van der Waals surface area contributed by atoms with Gasteiger partial charge in [0.1, 0.15) is 11.5 Å². The molecule has 13 rings (SSSR count). The van der Waals surface area contributed by atoms with Gasteiger partial charge < -0.3 is 9.32 Å². The van der Waals surface area contributed by atoms with Crippen LogP contribution < -0.4 is 0 Å². The maximum Gasteiger partial charge on any atom is 0.138 e. The van der Waals surface area contributed by atoms with Crippen LogP contribution in [0.3, 0.4) is 0 Å². The van der Waals surface area contributed by atoms with Crippen molar-refractivity contribution < 1.29 is 4.42 Å². The second-order valence-corrected chi connectivity index (χ2v) is 20.6. The Hall–Kier alpha value is -5.34. The molecule has 1 aromatic rings. The number of hydrogen-bond donors (Lipinski definition) is 0. The number of fused-ring (bicyclic) bond motifs is 12. The minimum atomic E-state index is 0.0791. The van der Waals surface area contributed by atoms with Crippen LogP contribution in [0.15, 0.2) is 194 Å². The fraction of sp³-hybridized carbons (Fsp3) is 0.377. The van der Waals surface area contributed by atoms with Gasteiger partial charge in [0.25, 0.3) is 0 Å². The van der Waals surface area contributed by atoms with E-state index in [-0.39, 0.29) is 17.5 Å². The summed E-state index contributed by atoms with van der Waals surface area (Å²) in [4.78, 5) is 2.79. The number of rotatable bonds is 5. The molecule has 0 N–H and O–H groups in total. The highest BCUT2D eigenvalue weighted by Crippen LogP contribution is 2.73. The van der Waals surface area contributed by atoms with Gasteiger partial charge in [-0.05, 0) is 134 Å². The molecule has 1 heterocycles. The van der Waals surface area contributed by atoms with Crippen molar-refractivity contribution in [2.75, 3.05) is 0 Å². The topological polar surface area (TPSA) is 16.4 Å². The third-order valence-corrected chi connectivity index (χ3v) is 17.5. The normalized spacial score (nSPS) is 36.1. The Morgan fingerprint density at radius 1 is 0.698 bits per heavy atom. The Morgan fingerprint density at radius 2 is 1.62 bits per heavy atom. The summed E-state index contributed by atoms with van der Waals surface area (Å²) in [6, 6.07) is 0.382. The molecule has 10 atom stereocenters. The molecule has 63 heavy (non-hydrogen) atoms. The van der Waals surface area contributed by atoms with E-state index < -0.39 is 0 Å². The minimum absolute atomic E-state index is 0.0791.